The van der Waals surface area contributed by atoms with Gasteiger partial charge in [-0.05, 0) is 51.0 Å². The fourth-order valence-corrected chi connectivity index (χ4v) is 2.14. The summed E-state index contributed by atoms with van der Waals surface area (Å²) in [6.45, 7) is 9.08. The zero-order valence-corrected chi connectivity index (χ0v) is 11.4. The second kappa shape index (κ2) is 5.36. The Morgan fingerprint density at radius 2 is 2.11 bits per heavy atom. The van der Waals surface area contributed by atoms with Gasteiger partial charge in [0.15, 0.2) is 0 Å². The van der Waals surface area contributed by atoms with E-state index >= 15 is 0 Å². The standard InChI is InChI=1S/C15H20N2O/c1-10-5-6-16-8-14(10)9-17-12(3)15-7-11(2)18-13(15)4/h5-8,12,17H,9H2,1-4H3. The van der Waals surface area contributed by atoms with Crippen LogP contribution in [0.15, 0.2) is 28.9 Å². The Balaban J connectivity index is 2.03. The van der Waals surface area contributed by atoms with Gasteiger partial charge < -0.3 is 9.73 Å². The molecule has 3 heteroatoms. The van der Waals surface area contributed by atoms with Gasteiger partial charge in [0.2, 0.25) is 0 Å². The van der Waals surface area contributed by atoms with Gasteiger partial charge in [0.1, 0.15) is 11.5 Å². The summed E-state index contributed by atoms with van der Waals surface area (Å²) in [7, 11) is 0. The number of nitrogens with zero attached hydrogens (tertiary/aromatic N) is 1. The number of rotatable bonds is 4. The van der Waals surface area contributed by atoms with Crippen molar-refractivity contribution < 1.29 is 4.42 Å². The van der Waals surface area contributed by atoms with Crippen LogP contribution in [0.4, 0.5) is 0 Å². The van der Waals surface area contributed by atoms with Crippen molar-refractivity contribution in [1.29, 1.82) is 0 Å². The minimum atomic E-state index is 0.280. The van der Waals surface area contributed by atoms with E-state index in [1.165, 1.54) is 16.7 Å². The monoisotopic (exact) mass is 244 g/mol. The predicted octanol–water partition coefficient (Wildman–Crippen LogP) is 3.45. The fourth-order valence-electron chi connectivity index (χ4n) is 2.14. The zero-order chi connectivity index (χ0) is 13.1. The fraction of sp³-hybridized carbons (Fsp3) is 0.400. The molecular weight excluding hydrogens is 224 g/mol. The normalized spacial score (nSPS) is 12.7. The lowest BCUT2D eigenvalue weighted by Gasteiger charge is -2.14. The first-order chi connectivity index (χ1) is 8.58. The molecule has 0 aliphatic carbocycles. The molecule has 0 aromatic carbocycles. The first-order valence-electron chi connectivity index (χ1n) is 6.27. The SMILES string of the molecule is Cc1cc(C(C)NCc2cnccc2C)c(C)o1. The van der Waals surface area contributed by atoms with Gasteiger partial charge in [-0.25, -0.2) is 0 Å². The Kier molecular flexibility index (Phi) is 3.82. The summed E-state index contributed by atoms with van der Waals surface area (Å²) in [5.41, 5.74) is 3.74. The van der Waals surface area contributed by atoms with Gasteiger partial charge in [0, 0.05) is 30.5 Å². The van der Waals surface area contributed by atoms with Crippen molar-refractivity contribution >= 4 is 0 Å². The van der Waals surface area contributed by atoms with Crippen LogP contribution < -0.4 is 5.32 Å². The largest absolute Gasteiger partial charge is 0.466 e. The van der Waals surface area contributed by atoms with E-state index in [0.29, 0.717) is 0 Å². The molecule has 2 rings (SSSR count). The zero-order valence-electron chi connectivity index (χ0n) is 11.4. The maximum absolute atomic E-state index is 5.56. The summed E-state index contributed by atoms with van der Waals surface area (Å²) in [6, 6.07) is 4.42. The average Bonchev–Trinajstić information content (AvgIpc) is 2.67. The summed E-state index contributed by atoms with van der Waals surface area (Å²) in [6.07, 6.45) is 3.74. The van der Waals surface area contributed by atoms with Crippen LogP contribution in [0.3, 0.4) is 0 Å². The summed E-state index contributed by atoms with van der Waals surface area (Å²) < 4.78 is 5.56. The van der Waals surface area contributed by atoms with Gasteiger partial charge in [0.25, 0.3) is 0 Å². The number of nitrogens with one attached hydrogen (secondary N) is 1. The van der Waals surface area contributed by atoms with E-state index < -0.39 is 0 Å². The minimum Gasteiger partial charge on any atom is -0.466 e. The molecule has 18 heavy (non-hydrogen) atoms. The van der Waals surface area contributed by atoms with Crippen molar-refractivity contribution in [2.24, 2.45) is 0 Å². The molecule has 0 aliphatic rings. The molecule has 3 nitrogen and oxygen atoms in total. The first kappa shape index (κ1) is 12.8. The van der Waals surface area contributed by atoms with Crippen LogP contribution in [-0.2, 0) is 6.54 Å². The highest BCUT2D eigenvalue weighted by Crippen LogP contribution is 2.21. The van der Waals surface area contributed by atoms with Crippen LogP contribution in [0.25, 0.3) is 0 Å². The van der Waals surface area contributed by atoms with Crippen molar-refractivity contribution in [2.75, 3.05) is 0 Å². The van der Waals surface area contributed by atoms with Crippen LogP contribution in [0.1, 0.15) is 41.2 Å². The third-order valence-corrected chi connectivity index (χ3v) is 3.29. The molecule has 1 N–H and O–H groups in total. The third-order valence-electron chi connectivity index (χ3n) is 3.29. The molecule has 2 aromatic rings. The van der Waals surface area contributed by atoms with Crippen LogP contribution in [0.5, 0.6) is 0 Å². The summed E-state index contributed by atoms with van der Waals surface area (Å²) in [5, 5.41) is 3.51. The predicted molar refractivity (Wildman–Crippen MR) is 72.4 cm³/mol. The Bertz CT molecular complexity index is 531. The average molecular weight is 244 g/mol. The summed E-state index contributed by atoms with van der Waals surface area (Å²) in [5.74, 6) is 1.96. The molecule has 0 amide bonds. The second-order valence-corrected chi connectivity index (χ2v) is 4.77. The van der Waals surface area contributed by atoms with Gasteiger partial charge in [-0.1, -0.05) is 0 Å². The molecule has 96 valence electrons. The Morgan fingerprint density at radius 3 is 2.72 bits per heavy atom. The molecule has 0 aliphatic heterocycles. The summed E-state index contributed by atoms with van der Waals surface area (Å²) >= 11 is 0. The van der Waals surface area contributed by atoms with Crippen molar-refractivity contribution in [3.05, 3.63) is 52.7 Å². The molecule has 0 radical (unpaired) electrons. The highest BCUT2D eigenvalue weighted by Gasteiger charge is 2.12. The molecule has 0 saturated carbocycles. The Hall–Kier alpha value is -1.61. The van der Waals surface area contributed by atoms with Crippen molar-refractivity contribution in [1.82, 2.24) is 10.3 Å². The Morgan fingerprint density at radius 1 is 1.33 bits per heavy atom. The van der Waals surface area contributed by atoms with Crippen LogP contribution in [0.2, 0.25) is 0 Å². The van der Waals surface area contributed by atoms with Gasteiger partial charge in [-0.15, -0.1) is 0 Å². The maximum Gasteiger partial charge on any atom is 0.105 e. The molecule has 1 atom stereocenters. The van der Waals surface area contributed by atoms with E-state index in [2.05, 4.69) is 30.2 Å². The second-order valence-electron chi connectivity index (χ2n) is 4.77. The molecule has 0 fully saturated rings. The molecule has 1 unspecified atom stereocenters. The number of pyridine rings is 1. The topological polar surface area (TPSA) is 38.1 Å². The van der Waals surface area contributed by atoms with E-state index in [1.54, 1.807) is 0 Å². The van der Waals surface area contributed by atoms with E-state index in [4.69, 9.17) is 4.42 Å². The van der Waals surface area contributed by atoms with Gasteiger partial charge in [-0.3, -0.25) is 4.98 Å². The van der Waals surface area contributed by atoms with Crippen molar-refractivity contribution in [3.8, 4) is 0 Å². The van der Waals surface area contributed by atoms with Crippen molar-refractivity contribution in [3.63, 3.8) is 0 Å². The lowest BCUT2D eigenvalue weighted by Crippen LogP contribution is -2.18. The van der Waals surface area contributed by atoms with Crippen LogP contribution >= 0.6 is 0 Å². The number of aryl methyl sites for hydroxylation is 3. The number of aromatic nitrogens is 1. The van der Waals surface area contributed by atoms with Crippen molar-refractivity contribution in [2.45, 2.75) is 40.3 Å². The smallest absolute Gasteiger partial charge is 0.105 e. The van der Waals surface area contributed by atoms with Gasteiger partial charge in [-0.2, -0.15) is 0 Å². The van der Waals surface area contributed by atoms with E-state index in [1.807, 2.05) is 32.3 Å². The van der Waals surface area contributed by atoms with Gasteiger partial charge in [0.05, 0.1) is 0 Å². The first-order valence-corrected chi connectivity index (χ1v) is 6.27. The lowest BCUT2D eigenvalue weighted by atomic mass is 10.1. The molecule has 0 saturated heterocycles. The highest BCUT2D eigenvalue weighted by molar-refractivity contribution is 5.25. The summed E-state index contributed by atoms with van der Waals surface area (Å²) in [4.78, 5) is 4.16. The number of hydrogen-bond donors (Lipinski definition) is 1. The van der Waals surface area contributed by atoms with Crippen LogP contribution in [0, 0.1) is 20.8 Å². The lowest BCUT2D eigenvalue weighted by molar-refractivity contribution is 0.489. The van der Waals surface area contributed by atoms with Crippen LogP contribution in [-0.4, -0.2) is 4.98 Å². The molecule has 2 heterocycles. The van der Waals surface area contributed by atoms with E-state index in [9.17, 15) is 0 Å². The highest BCUT2D eigenvalue weighted by atomic mass is 16.3. The quantitative estimate of drug-likeness (QED) is 0.895. The van der Waals surface area contributed by atoms with E-state index in [-0.39, 0.29) is 6.04 Å². The molecule has 2 aromatic heterocycles. The molecular formula is C15H20N2O. The van der Waals surface area contributed by atoms with Gasteiger partial charge >= 0.3 is 0 Å². The number of hydrogen-bond acceptors (Lipinski definition) is 3. The Labute approximate surface area is 108 Å². The maximum atomic E-state index is 5.56. The third kappa shape index (κ3) is 2.79. The molecule has 0 spiro atoms. The van der Waals surface area contributed by atoms with E-state index in [0.717, 1.165) is 18.1 Å². The number of furan rings is 1. The molecule has 0 bridgehead atoms. The minimum absolute atomic E-state index is 0.280.